The van der Waals surface area contributed by atoms with E-state index in [1.807, 2.05) is 19.2 Å². The molecular weight excluding hydrogens is 484 g/mol. The van der Waals surface area contributed by atoms with Gasteiger partial charge in [-0.1, -0.05) is 52.7 Å². The molecule has 2 amide bonds. The lowest BCUT2D eigenvalue weighted by Gasteiger charge is -2.27. The van der Waals surface area contributed by atoms with Crippen LogP contribution in [0.1, 0.15) is 65.4 Å². The highest BCUT2D eigenvalue weighted by Gasteiger charge is 2.39. The summed E-state index contributed by atoms with van der Waals surface area (Å²) in [6, 6.07) is 6.06. The maximum Gasteiger partial charge on any atom is 0.256 e. The predicted molar refractivity (Wildman–Crippen MR) is 155 cm³/mol. The molecule has 0 radical (unpaired) electrons. The molecule has 1 heterocycles. The highest BCUT2D eigenvalue weighted by Crippen LogP contribution is 2.48. The molecule has 1 aliphatic rings. The van der Waals surface area contributed by atoms with E-state index in [4.69, 9.17) is 0 Å². The van der Waals surface area contributed by atoms with Crippen molar-refractivity contribution in [1.29, 1.82) is 0 Å². The predicted octanol–water partition coefficient (Wildman–Crippen LogP) is 5.16. The number of benzene rings is 1. The number of carbonyl (C=O) groups excluding carboxylic acids is 2. The molecule has 0 spiro atoms. The number of nitrogens with zero attached hydrogens (tertiary/aromatic N) is 1. The fraction of sp³-hybridized carbons (Fsp3) is 0.517. The minimum atomic E-state index is -0.351. The number of rotatable bonds is 15. The summed E-state index contributed by atoms with van der Waals surface area (Å²) in [6.45, 7) is 11.3. The van der Waals surface area contributed by atoms with Gasteiger partial charge < -0.3 is 25.4 Å². The van der Waals surface area contributed by atoms with E-state index < -0.39 is 0 Å². The van der Waals surface area contributed by atoms with Gasteiger partial charge in [-0.15, -0.1) is 0 Å². The molecule has 4 N–H and O–H groups in total. The van der Waals surface area contributed by atoms with Gasteiger partial charge in [0, 0.05) is 53.4 Å². The van der Waals surface area contributed by atoms with E-state index in [1.165, 1.54) is 0 Å². The number of hydrogen-bond acceptors (Lipinski definition) is 6. The van der Waals surface area contributed by atoms with Crippen LogP contribution in [0, 0.1) is 0 Å². The van der Waals surface area contributed by atoms with E-state index in [0.29, 0.717) is 13.1 Å². The summed E-state index contributed by atoms with van der Waals surface area (Å²) in [4.78, 5) is 28.6. The van der Waals surface area contributed by atoms with E-state index in [0.717, 1.165) is 79.1 Å². The second kappa shape index (κ2) is 15.6. The molecule has 37 heavy (non-hydrogen) atoms. The Morgan fingerprint density at radius 2 is 1.65 bits per heavy atom. The van der Waals surface area contributed by atoms with Crippen LogP contribution in [-0.4, -0.2) is 49.6 Å². The average molecular weight is 529 g/mol. The Morgan fingerprint density at radius 3 is 2.22 bits per heavy atom. The number of amides is 2. The van der Waals surface area contributed by atoms with Crippen LogP contribution < -0.4 is 20.9 Å². The van der Waals surface area contributed by atoms with Crippen molar-refractivity contribution in [2.75, 3.05) is 38.1 Å². The monoisotopic (exact) mass is 528 g/mol. The summed E-state index contributed by atoms with van der Waals surface area (Å²) in [6.07, 6.45) is 12.0. The molecule has 0 atom stereocenters. The zero-order chi connectivity index (χ0) is 27.3. The average Bonchev–Trinajstić information content (AvgIpc) is 3.09. The molecule has 1 aromatic rings. The molecule has 0 bridgehead atoms. The third-order valence-corrected chi connectivity index (χ3v) is 6.99. The largest absolute Gasteiger partial charge is 0.352 e. The minimum absolute atomic E-state index is 0.117. The van der Waals surface area contributed by atoms with Crippen molar-refractivity contribution in [3.8, 4) is 0 Å². The summed E-state index contributed by atoms with van der Waals surface area (Å²) in [7, 11) is 1.95. The Hall–Kier alpha value is -2.55. The van der Waals surface area contributed by atoms with Gasteiger partial charge in [0.05, 0.1) is 0 Å². The Bertz CT molecular complexity index is 977. The van der Waals surface area contributed by atoms with E-state index in [9.17, 15) is 14.1 Å². The van der Waals surface area contributed by atoms with Crippen molar-refractivity contribution >= 4 is 29.5 Å². The van der Waals surface area contributed by atoms with Crippen LogP contribution in [0.4, 0.5) is 5.69 Å². The molecule has 1 aliphatic heterocycles. The lowest BCUT2D eigenvalue weighted by molar-refractivity contribution is -0.123. The molecular formula is C29H44N4O3S. The zero-order valence-electron chi connectivity index (χ0n) is 23.0. The zero-order valence-corrected chi connectivity index (χ0v) is 23.8. The molecule has 0 fully saturated rings. The fourth-order valence-electron chi connectivity index (χ4n) is 4.37. The number of unbranched alkanes of at least 4 members (excludes halogenated alkanes) is 2. The second-order valence-corrected chi connectivity index (χ2v) is 10.4. The SMILES string of the molecule is CCCCNC(=O)C(=C/C=C/C=C1/N(CCCNC)c2ccc(SO)cc2C1(C)C)C(=O)NCCCC. The Balaban J connectivity index is 2.34. The van der Waals surface area contributed by atoms with E-state index >= 15 is 0 Å². The number of carbonyl (C=O) groups is 2. The normalized spacial score (nSPS) is 15.2. The van der Waals surface area contributed by atoms with Gasteiger partial charge in [0.1, 0.15) is 5.57 Å². The van der Waals surface area contributed by atoms with Gasteiger partial charge in [-0.3, -0.25) is 9.59 Å². The Labute approximate surface area is 227 Å². The molecule has 204 valence electrons. The highest BCUT2D eigenvalue weighted by atomic mass is 32.2. The van der Waals surface area contributed by atoms with Gasteiger partial charge in [0.25, 0.3) is 11.8 Å². The first-order chi connectivity index (χ1) is 17.8. The molecule has 0 aromatic heterocycles. The van der Waals surface area contributed by atoms with Gasteiger partial charge in [-0.05, 0) is 68.8 Å². The van der Waals surface area contributed by atoms with Gasteiger partial charge in [-0.2, -0.15) is 0 Å². The smallest absolute Gasteiger partial charge is 0.256 e. The van der Waals surface area contributed by atoms with Crippen molar-refractivity contribution in [3.05, 3.63) is 59.3 Å². The van der Waals surface area contributed by atoms with Gasteiger partial charge in [0.15, 0.2) is 0 Å². The maximum atomic E-state index is 12.7. The molecule has 7 nitrogen and oxygen atoms in total. The molecule has 0 aliphatic carbocycles. The van der Waals surface area contributed by atoms with Crippen molar-refractivity contribution in [1.82, 2.24) is 16.0 Å². The first-order valence-electron chi connectivity index (χ1n) is 13.3. The van der Waals surface area contributed by atoms with Gasteiger partial charge in [-0.25, -0.2) is 0 Å². The van der Waals surface area contributed by atoms with Crippen molar-refractivity contribution in [2.45, 2.75) is 70.1 Å². The summed E-state index contributed by atoms with van der Waals surface area (Å²) in [5.74, 6) is -0.702. The van der Waals surface area contributed by atoms with E-state index in [2.05, 4.69) is 66.8 Å². The maximum absolute atomic E-state index is 12.7. The summed E-state index contributed by atoms with van der Waals surface area (Å²) in [5.41, 5.74) is 3.28. The van der Waals surface area contributed by atoms with Crippen LogP contribution in [0.2, 0.25) is 0 Å². The summed E-state index contributed by atoms with van der Waals surface area (Å²) < 4.78 is 9.59. The van der Waals surface area contributed by atoms with Gasteiger partial charge >= 0.3 is 0 Å². The molecule has 8 heteroatoms. The lowest BCUT2D eigenvalue weighted by Crippen LogP contribution is -2.35. The summed E-state index contributed by atoms with van der Waals surface area (Å²) in [5, 5.41) is 8.92. The number of fused-ring (bicyclic) bond motifs is 1. The van der Waals surface area contributed by atoms with Crippen LogP contribution in [0.15, 0.2) is 58.7 Å². The molecule has 2 rings (SSSR count). The van der Waals surface area contributed by atoms with E-state index in [1.54, 1.807) is 12.2 Å². The van der Waals surface area contributed by atoms with E-state index in [-0.39, 0.29) is 22.8 Å². The molecule has 0 saturated carbocycles. The van der Waals surface area contributed by atoms with Gasteiger partial charge in [0.2, 0.25) is 0 Å². The van der Waals surface area contributed by atoms with Crippen LogP contribution in [-0.2, 0) is 15.0 Å². The first-order valence-corrected chi connectivity index (χ1v) is 14.1. The lowest BCUT2D eigenvalue weighted by atomic mass is 9.83. The molecule has 1 aromatic carbocycles. The van der Waals surface area contributed by atoms with Crippen molar-refractivity contribution in [3.63, 3.8) is 0 Å². The first kappa shape index (κ1) is 30.7. The van der Waals surface area contributed by atoms with Crippen LogP contribution in [0.5, 0.6) is 0 Å². The molecule has 0 saturated heterocycles. The van der Waals surface area contributed by atoms with Crippen LogP contribution in [0.25, 0.3) is 0 Å². The number of allylic oxidation sites excluding steroid dienone is 5. The Kier molecular flexibility index (Phi) is 13.0. The standard InChI is InChI=1S/C29H44N4O3S/c1-6-8-18-31-27(34)23(28(35)32-19-9-7-2)13-10-11-14-26-29(3,4)24-21-22(37-36)15-16-25(24)33(26)20-12-17-30-5/h10-11,13-16,21,30,36H,6-9,12,17-20H2,1-5H3,(H,31,34)(H,32,35)/b11-10+,26-14+. The van der Waals surface area contributed by atoms with Crippen molar-refractivity contribution < 1.29 is 14.1 Å². The third kappa shape index (κ3) is 8.48. The van der Waals surface area contributed by atoms with Crippen LogP contribution in [0.3, 0.4) is 0 Å². The Morgan fingerprint density at radius 1 is 1.00 bits per heavy atom. The third-order valence-electron chi connectivity index (χ3n) is 6.53. The quantitative estimate of drug-likeness (QED) is 0.0628. The number of hydrogen-bond donors (Lipinski definition) is 4. The fourth-order valence-corrected chi connectivity index (χ4v) is 4.67. The highest BCUT2D eigenvalue weighted by molar-refractivity contribution is 7.93. The second-order valence-electron chi connectivity index (χ2n) is 9.74. The molecule has 0 unspecified atom stereocenters. The summed E-state index contributed by atoms with van der Waals surface area (Å²) >= 11 is 0.758. The van der Waals surface area contributed by atoms with Crippen molar-refractivity contribution in [2.24, 2.45) is 0 Å². The topological polar surface area (TPSA) is 93.7 Å². The number of anilines is 1. The number of nitrogens with one attached hydrogen (secondary N) is 3. The minimum Gasteiger partial charge on any atom is -0.352 e. The van der Waals surface area contributed by atoms with Crippen LogP contribution >= 0.6 is 12.0 Å².